The summed E-state index contributed by atoms with van der Waals surface area (Å²) in [6, 6.07) is 15.5. The molecule has 0 aromatic heterocycles. The largest absolute Gasteiger partial charge is 0.357 e. The standard InChI is InChI=1S/C23H31ClN4O/c1-6-25-22(27-16-23(2,3)19-11-13-20(24)14-12-19)26-15-17-7-9-18(10-8-17)21(29)28(4)5/h7-14H,6,15-16H2,1-5H3,(H2,25,26,27). The molecule has 0 saturated heterocycles. The molecular formula is C23H31ClN4O. The molecule has 0 heterocycles. The third kappa shape index (κ3) is 6.79. The quantitative estimate of drug-likeness (QED) is 0.530. The van der Waals surface area contributed by atoms with Crippen molar-refractivity contribution >= 4 is 23.5 Å². The number of hydrogen-bond donors (Lipinski definition) is 2. The average Bonchev–Trinajstić information content (AvgIpc) is 2.70. The fraction of sp³-hybridized carbons (Fsp3) is 0.391. The summed E-state index contributed by atoms with van der Waals surface area (Å²) in [6.07, 6.45) is 0. The molecule has 2 N–H and O–H groups in total. The fourth-order valence-corrected chi connectivity index (χ4v) is 2.96. The Bertz CT molecular complexity index is 827. The van der Waals surface area contributed by atoms with Crippen LogP contribution in [0.1, 0.15) is 42.3 Å². The molecule has 2 aromatic carbocycles. The van der Waals surface area contributed by atoms with Crippen LogP contribution < -0.4 is 10.6 Å². The number of amides is 1. The van der Waals surface area contributed by atoms with E-state index in [1.807, 2.05) is 43.3 Å². The highest BCUT2D eigenvalue weighted by Crippen LogP contribution is 2.23. The average molecular weight is 415 g/mol. The van der Waals surface area contributed by atoms with E-state index in [1.54, 1.807) is 19.0 Å². The highest BCUT2D eigenvalue weighted by Gasteiger charge is 2.20. The number of carbonyl (C=O) groups excluding carboxylic acids is 1. The first-order valence-electron chi connectivity index (χ1n) is 9.82. The lowest BCUT2D eigenvalue weighted by atomic mass is 9.85. The van der Waals surface area contributed by atoms with Crippen LogP contribution in [0.3, 0.4) is 0 Å². The van der Waals surface area contributed by atoms with Crippen molar-refractivity contribution in [3.8, 4) is 0 Å². The van der Waals surface area contributed by atoms with E-state index in [1.165, 1.54) is 5.56 Å². The zero-order valence-electron chi connectivity index (χ0n) is 17.9. The zero-order chi connectivity index (χ0) is 21.4. The Morgan fingerprint density at radius 1 is 1.03 bits per heavy atom. The zero-order valence-corrected chi connectivity index (χ0v) is 18.7. The number of hydrogen-bond acceptors (Lipinski definition) is 2. The van der Waals surface area contributed by atoms with E-state index < -0.39 is 0 Å². The number of nitrogens with one attached hydrogen (secondary N) is 2. The maximum absolute atomic E-state index is 12.0. The smallest absolute Gasteiger partial charge is 0.253 e. The number of carbonyl (C=O) groups is 1. The normalized spacial score (nSPS) is 11.9. The Morgan fingerprint density at radius 3 is 2.21 bits per heavy atom. The van der Waals surface area contributed by atoms with Crippen molar-refractivity contribution < 1.29 is 4.79 Å². The van der Waals surface area contributed by atoms with E-state index in [9.17, 15) is 4.79 Å². The molecule has 2 aromatic rings. The van der Waals surface area contributed by atoms with Crippen LogP contribution in [0, 0.1) is 0 Å². The van der Waals surface area contributed by atoms with Gasteiger partial charge in [-0.15, -0.1) is 0 Å². The molecule has 0 bridgehead atoms. The molecule has 0 aliphatic rings. The summed E-state index contributed by atoms with van der Waals surface area (Å²) < 4.78 is 0. The number of rotatable bonds is 7. The van der Waals surface area contributed by atoms with Crippen molar-refractivity contribution in [2.24, 2.45) is 4.99 Å². The predicted molar refractivity (Wildman–Crippen MR) is 122 cm³/mol. The van der Waals surface area contributed by atoms with Gasteiger partial charge in [0.25, 0.3) is 5.91 Å². The van der Waals surface area contributed by atoms with E-state index >= 15 is 0 Å². The highest BCUT2D eigenvalue weighted by molar-refractivity contribution is 6.30. The molecule has 29 heavy (non-hydrogen) atoms. The first-order valence-corrected chi connectivity index (χ1v) is 10.2. The maximum atomic E-state index is 12.0. The summed E-state index contributed by atoms with van der Waals surface area (Å²) in [6.45, 7) is 8.47. The van der Waals surface area contributed by atoms with Crippen LogP contribution in [0.4, 0.5) is 0 Å². The van der Waals surface area contributed by atoms with Gasteiger partial charge in [0.1, 0.15) is 0 Å². The summed E-state index contributed by atoms with van der Waals surface area (Å²) in [4.78, 5) is 18.2. The lowest BCUT2D eigenvalue weighted by molar-refractivity contribution is 0.0827. The predicted octanol–water partition coefficient (Wildman–Crippen LogP) is 4.07. The van der Waals surface area contributed by atoms with Gasteiger partial charge < -0.3 is 15.5 Å². The van der Waals surface area contributed by atoms with E-state index in [0.29, 0.717) is 12.1 Å². The second-order valence-corrected chi connectivity index (χ2v) is 8.27. The van der Waals surface area contributed by atoms with Crippen LogP contribution in [0.2, 0.25) is 5.02 Å². The van der Waals surface area contributed by atoms with Crippen molar-refractivity contribution in [1.82, 2.24) is 15.5 Å². The molecule has 2 rings (SSSR count). The van der Waals surface area contributed by atoms with Crippen LogP contribution in [0.5, 0.6) is 0 Å². The van der Waals surface area contributed by atoms with Gasteiger partial charge in [-0.3, -0.25) is 4.79 Å². The van der Waals surface area contributed by atoms with E-state index in [0.717, 1.165) is 29.6 Å². The molecule has 0 atom stereocenters. The first kappa shape index (κ1) is 22.8. The van der Waals surface area contributed by atoms with E-state index in [2.05, 4.69) is 41.6 Å². The minimum absolute atomic E-state index is 0.000475. The Labute approximate surface area is 179 Å². The molecule has 6 heteroatoms. The fourth-order valence-electron chi connectivity index (χ4n) is 2.83. The van der Waals surface area contributed by atoms with Gasteiger partial charge in [0.05, 0.1) is 6.54 Å². The second-order valence-electron chi connectivity index (χ2n) is 7.84. The highest BCUT2D eigenvalue weighted by atomic mass is 35.5. The number of nitrogens with zero attached hydrogens (tertiary/aromatic N) is 2. The summed E-state index contributed by atoms with van der Waals surface area (Å²) >= 11 is 6.01. The molecule has 0 unspecified atom stereocenters. The lowest BCUT2D eigenvalue weighted by Gasteiger charge is -2.27. The minimum atomic E-state index is -0.0744. The van der Waals surface area contributed by atoms with E-state index in [4.69, 9.17) is 11.6 Å². The van der Waals surface area contributed by atoms with Crippen LogP contribution in [-0.4, -0.2) is 44.0 Å². The van der Waals surface area contributed by atoms with Gasteiger partial charge in [-0.1, -0.05) is 49.7 Å². The van der Waals surface area contributed by atoms with Crippen molar-refractivity contribution in [2.75, 3.05) is 27.2 Å². The van der Waals surface area contributed by atoms with Gasteiger partial charge in [0.15, 0.2) is 5.96 Å². The van der Waals surface area contributed by atoms with Crippen LogP contribution in [-0.2, 0) is 12.0 Å². The molecule has 156 valence electrons. The third-order valence-electron chi connectivity index (χ3n) is 4.69. The molecule has 0 saturated carbocycles. The molecule has 0 fully saturated rings. The number of guanidine groups is 1. The Morgan fingerprint density at radius 2 is 1.66 bits per heavy atom. The van der Waals surface area contributed by atoms with E-state index in [-0.39, 0.29) is 11.3 Å². The van der Waals surface area contributed by atoms with Crippen LogP contribution >= 0.6 is 11.6 Å². The minimum Gasteiger partial charge on any atom is -0.357 e. The molecule has 0 radical (unpaired) electrons. The van der Waals surface area contributed by atoms with Gasteiger partial charge in [-0.25, -0.2) is 4.99 Å². The number of aliphatic imine (C=N–C) groups is 1. The third-order valence-corrected chi connectivity index (χ3v) is 4.95. The monoisotopic (exact) mass is 414 g/mol. The van der Waals surface area contributed by atoms with Crippen LogP contribution in [0.15, 0.2) is 53.5 Å². The molecule has 5 nitrogen and oxygen atoms in total. The van der Waals surface area contributed by atoms with Crippen molar-refractivity contribution in [3.63, 3.8) is 0 Å². The Kier molecular flexibility index (Phi) is 8.09. The molecule has 0 aliphatic heterocycles. The van der Waals surface area contributed by atoms with Gasteiger partial charge in [-0.2, -0.15) is 0 Å². The molecule has 0 spiro atoms. The number of halogens is 1. The van der Waals surface area contributed by atoms with Gasteiger partial charge in [-0.05, 0) is 42.3 Å². The maximum Gasteiger partial charge on any atom is 0.253 e. The summed E-state index contributed by atoms with van der Waals surface area (Å²) in [7, 11) is 3.50. The van der Waals surface area contributed by atoms with Crippen molar-refractivity contribution in [1.29, 1.82) is 0 Å². The second kappa shape index (κ2) is 10.3. The number of benzene rings is 2. The van der Waals surface area contributed by atoms with Crippen LogP contribution in [0.25, 0.3) is 0 Å². The van der Waals surface area contributed by atoms with Gasteiger partial charge >= 0.3 is 0 Å². The molecule has 0 aliphatic carbocycles. The van der Waals surface area contributed by atoms with Gasteiger partial charge in [0.2, 0.25) is 0 Å². The summed E-state index contributed by atoms with van der Waals surface area (Å²) in [5.74, 6) is 0.766. The Balaban J connectivity index is 2.02. The summed E-state index contributed by atoms with van der Waals surface area (Å²) in [5, 5.41) is 7.46. The molecule has 1 amide bonds. The Hall–Kier alpha value is -2.53. The summed E-state index contributed by atoms with van der Waals surface area (Å²) in [5.41, 5.74) is 2.87. The van der Waals surface area contributed by atoms with Crippen molar-refractivity contribution in [3.05, 3.63) is 70.2 Å². The van der Waals surface area contributed by atoms with Gasteiger partial charge in [0, 0.05) is 43.2 Å². The topological polar surface area (TPSA) is 56.7 Å². The first-order chi connectivity index (χ1) is 13.7. The molecular weight excluding hydrogens is 384 g/mol. The SMILES string of the molecule is CCNC(=NCc1ccc(C(=O)N(C)C)cc1)NCC(C)(C)c1ccc(Cl)cc1. The lowest BCUT2D eigenvalue weighted by Crippen LogP contribution is -2.43. The van der Waals surface area contributed by atoms with Crippen molar-refractivity contribution in [2.45, 2.75) is 32.7 Å².